The van der Waals surface area contributed by atoms with Crippen LogP contribution in [0.5, 0.6) is 0 Å². The minimum atomic E-state index is -0.969. The predicted octanol–water partition coefficient (Wildman–Crippen LogP) is 7.49. The van der Waals surface area contributed by atoms with Crippen LogP contribution in [0.3, 0.4) is 0 Å². The lowest BCUT2D eigenvalue weighted by molar-refractivity contribution is -0.275. The van der Waals surface area contributed by atoms with Gasteiger partial charge in [0.15, 0.2) is 12.2 Å². The van der Waals surface area contributed by atoms with Gasteiger partial charge in [0.25, 0.3) is 0 Å². The second-order valence-electron chi connectivity index (χ2n) is 14.6. The van der Waals surface area contributed by atoms with Gasteiger partial charge in [-0.2, -0.15) is 0 Å². The van der Waals surface area contributed by atoms with Crippen LogP contribution in [0.4, 0.5) is 0 Å². The Morgan fingerprint density at radius 3 is 1.71 bits per heavy atom. The first-order valence-electron chi connectivity index (χ1n) is 18.7. The molecule has 10 heteroatoms. The number of cyclic esters (lactones) is 1. The molecule has 6 atom stereocenters. The third-order valence-corrected chi connectivity index (χ3v) is 9.15. The Bertz CT molecular complexity index is 1790. The number of rotatable bonds is 17. The van der Waals surface area contributed by atoms with Gasteiger partial charge in [0.1, 0.15) is 24.6 Å². The van der Waals surface area contributed by atoms with E-state index in [1.54, 1.807) is 20.8 Å². The molecule has 0 aromatic heterocycles. The average Bonchev–Trinajstić information content (AvgIpc) is 3.19. The lowest BCUT2D eigenvalue weighted by Crippen LogP contribution is -2.53. The van der Waals surface area contributed by atoms with Crippen LogP contribution in [-0.2, 0) is 73.9 Å². The largest absolute Gasteiger partial charge is 0.466 e. The van der Waals surface area contributed by atoms with Gasteiger partial charge in [-0.3, -0.25) is 4.79 Å². The minimum Gasteiger partial charge on any atom is -0.466 e. The van der Waals surface area contributed by atoms with E-state index >= 15 is 0 Å². The fourth-order valence-electron chi connectivity index (χ4n) is 6.21. The van der Waals surface area contributed by atoms with E-state index in [-0.39, 0.29) is 32.0 Å². The van der Waals surface area contributed by atoms with Gasteiger partial charge >= 0.3 is 11.9 Å². The van der Waals surface area contributed by atoms with Gasteiger partial charge in [0, 0.05) is 6.42 Å². The zero-order chi connectivity index (χ0) is 38.5. The third-order valence-electron chi connectivity index (χ3n) is 9.15. The summed E-state index contributed by atoms with van der Waals surface area (Å²) in [6.45, 7) is 6.46. The van der Waals surface area contributed by atoms with Gasteiger partial charge in [-0.1, -0.05) is 121 Å². The Balaban J connectivity index is 1.25. The van der Waals surface area contributed by atoms with Crippen molar-refractivity contribution < 1.29 is 47.5 Å². The molecule has 0 aliphatic carbocycles. The third kappa shape index (κ3) is 12.1. The second kappa shape index (κ2) is 19.7. The zero-order valence-corrected chi connectivity index (χ0v) is 31.6. The molecule has 2 heterocycles. The molecule has 6 rings (SSSR count). The van der Waals surface area contributed by atoms with E-state index in [1.807, 2.05) is 121 Å². The van der Waals surface area contributed by atoms with Crippen molar-refractivity contribution in [3.05, 3.63) is 155 Å². The van der Waals surface area contributed by atoms with E-state index in [9.17, 15) is 9.59 Å². The van der Waals surface area contributed by atoms with Crippen LogP contribution in [0.2, 0.25) is 0 Å². The molecule has 2 aliphatic rings. The van der Waals surface area contributed by atoms with E-state index in [0.717, 1.165) is 22.3 Å². The molecule has 55 heavy (non-hydrogen) atoms. The first-order chi connectivity index (χ1) is 26.7. The number of carbonyl (C=O) groups excluding carboxylic acids is 2. The highest BCUT2D eigenvalue weighted by Crippen LogP contribution is 2.32. The van der Waals surface area contributed by atoms with Gasteiger partial charge in [0.05, 0.1) is 50.6 Å². The van der Waals surface area contributed by atoms with E-state index in [0.29, 0.717) is 19.8 Å². The van der Waals surface area contributed by atoms with Crippen molar-refractivity contribution in [3.8, 4) is 0 Å². The predicted molar refractivity (Wildman–Crippen MR) is 204 cm³/mol. The van der Waals surface area contributed by atoms with Crippen LogP contribution >= 0.6 is 0 Å². The smallest absolute Gasteiger partial charge is 0.334 e. The highest BCUT2D eigenvalue weighted by atomic mass is 16.7. The molecule has 1 saturated heterocycles. The standard InChI is InChI=1S/C45H50O10/c1-45(2,3)44(47)52-31-39-43(51-29-35-22-14-7-15-23-35)37(24-40(46)53-39)54-41-25-36(49-27-33-18-10-5-11-19-33)42(50-28-34-20-12-6-13-21-34)38(55-41)30-48-26-32-16-8-4-9-17-32/h4-24,36,38-39,41-43H,25-31H2,1-3H3/t36-,38-,39-,41+,42+,43+/m1/s1. The van der Waals surface area contributed by atoms with E-state index in [4.69, 9.17) is 37.9 Å². The number of ether oxygens (including phenoxy) is 8. The van der Waals surface area contributed by atoms with Crippen LogP contribution in [0.1, 0.15) is 49.4 Å². The molecule has 10 nitrogen and oxygen atoms in total. The molecule has 290 valence electrons. The van der Waals surface area contributed by atoms with Crippen molar-refractivity contribution in [1.82, 2.24) is 0 Å². The number of hydrogen-bond donors (Lipinski definition) is 0. The topological polar surface area (TPSA) is 108 Å². The molecule has 4 aromatic carbocycles. The highest BCUT2D eigenvalue weighted by molar-refractivity contribution is 5.84. The summed E-state index contributed by atoms with van der Waals surface area (Å²) < 4.78 is 50.4. The van der Waals surface area contributed by atoms with Crippen LogP contribution < -0.4 is 0 Å². The summed E-state index contributed by atoms with van der Waals surface area (Å²) in [7, 11) is 0. The van der Waals surface area contributed by atoms with Crippen LogP contribution in [0, 0.1) is 5.41 Å². The normalized spacial score (nSPS) is 22.7. The first kappa shape index (κ1) is 39.8. The Labute approximate surface area is 323 Å². The lowest BCUT2D eigenvalue weighted by atomic mass is 9.97. The van der Waals surface area contributed by atoms with E-state index < -0.39 is 54.2 Å². The first-order valence-corrected chi connectivity index (χ1v) is 18.7. The van der Waals surface area contributed by atoms with Gasteiger partial charge < -0.3 is 37.9 Å². The molecule has 2 aliphatic heterocycles. The van der Waals surface area contributed by atoms with Crippen molar-refractivity contribution in [2.24, 2.45) is 5.41 Å². The summed E-state index contributed by atoms with van der Waals surface area (Å²) in [6, 6.07) is 39.4. The maximum atomic E-state index is 13.0. The fourth-order valence-corrected chi connectivity index (χ4v) is 6.21. The lowest BCUT2D eigenvalue weighted by Gasteiger charge is -2.42. The van der Waals surface area contributed by atoms with Crippen LogP contribution in [0.25, 0.3) is 0 Å². The van der Waals surface area contributed by atoms with Gasteiger partial charge in [-0.25, -0.2) is 4.79 Å². The summed E-state index contributed by atoms with van der Waals surface area (Å²) in [5.74, 6) is -0.884. The molecule has 4 aromatic rings. The molecular formula is C45H50O10. The Morgan fingerprint density at radius 2 is 1.16 bits per heavy atom. The van der Waals surface area contributed by atoms with Crippen molar-refractivity contribution in [2.45, 2.75) is 90.4 Å². The monoisotopic (exact) mass is 750 g/mol. The summed E-state index contributed by atoms with van der Waals surface area (Å²) >= 11 is 0. The van der Waals surface area contributed by atoms with Crippen LogP contribution in [-0.4, -0.2) is 62.0 Å². The fraction of sp³-hybridized carbons (Fsp3) is 0.378. The molecule has 0 unspecified atom stereocenters. The summed E-state index contributed by atoms with van der Waals surface area (Å²) in [5.41, 5.74) is 3.18. The molecular weight excluding hydrogens is 700 g/mol. The van der Waals surface area contributed by atoms with Crippen molar-refractivity contribution in [3.63, 3.8) is 0 Å². The molecule has 0 N–H and O–H groups in total. The summed E-state index contributed by atoms with van der Waals surface area (Å²) in [5, 5.41) is 0. The molecule has 0 radical (unpaired) electrons. The highest BCUT2D eigenvalue weighted by Gasteiger charge is 2.44. The summed E-state index contributed by atoms with van der Waals surface area (Å²) in [4.78, 5) is 25.8. The minimum absolute atomic E-state index is 0.180. The number of carbonyl (C=O) groups is 2. The quantitative estimate of drug-likeness (QED) is 0.101. The molecule has 0 bridgehead atoms. The van der Waals surface area contributed by atoms with Crippen molar-refractivity contribution >= 4 is 11.9 Å². The number of esters is 2. The Morgan fingerprint density at radius 1 is 0.655 bits per heavy atom. The summed E-state index contributed by atoms with van der Waals surface area (Å²) in [6.07, 6.45) is -2.87. The molecule has 0 saturated carbocycles. The van der Waals surface area contributed by atoms with E-state index in [1.165, 1.54) is 6.08 Å². The van der Waals surface area contributed by atoms with Gasteiger partial charge in [-0.15, -0.1) is 0 Å². The molecule has 1 fully saturated rings. The van der Waals surface area contributed by atoms with Crippen LogP contribution in [0.15, 0.2) is 133 Å². The van der Waals surface area contributed by atoms with Crippen molar-refractivity contribution in [1.29, 1.82) is 0 Å². The average molecular weight is 751 g/mol. The Kier molecular flexibility index (Phi) is 14.2. The maximum Gasteiger partial charge on any atom is 0.334 e. The number of benzene rings is 4. The maximum absolute atomic E-state index is 13.0. The SMILES string of the molecule is CC(C)(C)C(=O)OC[C@H]1OC(=O)C=C(O[C@@H]2C[C@@H](OCc3ccccc3)[C@H](OCc3ccccc3)[C@@H](COCc3ccccc3)O2)[C@@H]1OCc1ccccc1. The van der Waals surface area contributed by atoms with E-state index in [2.05, 4.69) is 0 Å². The van der Waals surface area contributed by atoms with Gasteiger partial charge in [-0.05, 0) is 43.0 Å². The number of hydrogen-bond acceptors (Lipinski definition) is 10. The van der Waals surface area contributed by atoms with Crippen molar-refractivity contribution in [2.75, 3.05) is 13.2 Å². The zero-order valence-electron chi connectivity index (χ0n) is 31.6. The second-order valence-corrected chi connectivity index (χ2v) is 14.6. The molecule has 0 amide bonds. The van der Waals surface area contributed by atoms with Gasteiger partial charge in [0.2, 0.25) is 6.29 Å². The molecule has 0 spiro atoms. The Hall–Kier alpha value is -4.84.